The number of piperazine rings is 1. The molecule has 5 heteroatoms. The molecule has 1 amide bonds. The van der Waals surface area contributed by atoms with Gasteiger partial charge >= 0.3 is 0 Å². The first kappa shape index (κ1) is 18.3. The number of nitrogens with one attached hydrogen (secondary N) is 1. The molecule has 5 nitrogen and oxygen atoms in total. The molecule has 1 aliphatic heterocycles. The van der Waals surface area contributed by atoms with E-state index in [1.807, 2.05) is 24.3 Å². The molecule has 1 heterocycles. The molecule has 138 valence electrons. The van der Waals surface area contributed by atoms with Crippen LogP contribution in [-0.4, -0.2) is 50.6 Å². The van der Waals surface area contributed by atoms with E-state index >= 15 is 0 Å². The Hall–Kier alpha value is -2.53. The number of rotatable bonds is 6. The van der Waals surface area contributed by atoms with E-state index in [1.54, 1.807) is 7.11 Å². The molecule has 1 N–H and O–H groups in total. The molecule has 1 aliphatic rings. The number of benzene rings is 2. The molecule has 2 aromatic carbocycles. The van der Waals surface area contributed by atoms with Crippen LogP contribution in [0.15, 0.2) is 48.5 Å². The predicted octanol–water partition coefficient (Wildman–Crippen LogP) is 2.44. The quantitative estimate of drug-likeness (QED) is 0.866. The van der Waals surface area contributed by atoms with Gasteiger partial charge in [-0.2, -0.15) is 0 Å². The van der Waals surface area contributed by atoms with Crippen LogP contribution in [0.25, 0.3) is 0 Å². The lowest BCUT2D eigenvalue weighted by Gasteiger charge is -2.35. The molecule has 1 saturated heterocycles. The zero-order chi connectivity index (χ0) is 18.4. The first-order valence-electron chi connectivity index (χ1n) is 9.08. The lowest BCUT2D eigenvalue weighted by atomic mass is 10.1. The average molecular weight is 353 g/mol. The summed E-state index contributed by atoms with van der Waals surface area (Å²) in [6, 6.07) is 16.3. The fourth-order valence-electron chi connectivity index (χ4n) is 3.23. The summed E-state index contributed by atoms with van der Waals surface area (Å²) in [4.78, 5) is 16.8. The zero-order valence-electron chi connectivity index (χ0n) is 15.6. The second kappa shape index (κ2) is 8.72. The maximum atomic E-state index is 12.2. The van der Waals surface area contributed by atoms with E-state index in [2.05, 4.69) is 46.3 Å². The Morgan fingerprint density at radius 2 is 1.85 bits per heavy atom. The molecular weight excluding hydrogens is 326 g/mol. The SMILES string of the molecule is COc1cccc(N2CCN(CC(=O)NCc3ccccc3C)CC2)c1. The molecule has 0 aromatic heterocycles. The molecule has 0 unspecified atom stereocenters. The Balaban J connectivity index is 1.44. The lowest BCUT2D eigenvalue weighted by molar-refractivity contribution is -0.122. The Labute approximate surface area is 155 Å². The first-order chi connectivity index (χ1) is 12.7. The number of hydrogen-bond donors (Lipinski definition) is 1. The molecule has 0 saturated carbocycles. The number of carbonyl (C=O) groups is 1. The van der Waals surface area contributed by atoms with E-state index in [0.717, 1.165) is 31.9 Å². The van der Waals surface area contributed by atoms with E-state index in [-0.39, 0.29) is 5.91 Å². The number of ether oxygens (including phenoxy) is 1. The van der Waals surface area contributed by atoms with Crippen LogP contribution in [0, 0.1) is 6.92 Å². The number of amides is 1. The number of carbonyl (C=O) groups excluding carboxylic acids is 1. The highest BCUT2D eigenvalue weighted by Gasteiger charge is 2.19. The summed E-state index contributed by atoms with van der Waals surface area (Å²) in [5.74, 6) is 0.962. The standard InChI is InChI=1S/C21H27N3O2/c1-17-6-3-4-7-18(17)15-22-21(25)16-23-10-12-24(13-11-23)19-8-5-9-20(14-19)26-2/h3-9,14H,10-13,15-16H2,1-2H3,(H,22,25). The van der Waals surface area contributed by atoms with Crippen molar-refractivity contribution >= 4 is 11.6 Å². The van der Waals surface area contributed by atoms with Gasteiger partial charge in [0.15, 0.2) is 0 Å². The number of anilines is 1. The number of aryl methyl sites for hydroxylation is 1. The van der Waals surface area contributed by atoms with Crippen LogP contribution < -0.4 is 15.0 Å². The second-order valence-electron chi connectivity index (χ2n) is 6.67. The minimum Gasteiger partial charge on any atom is -0.497 e. The van der Waals surface area contributed by atoms with Gasteiger partial charge in [-0.3, -0.25) is 9.69 Å². The van der Waals surface area contributed by atoms with Crippen molar-refractivity contribution in [1.29, 1.82) is 0 Å². The normalized spacial score (nSPS) is 14.9. The van der Waals surface area contributed by atoms with E-state index < -0.39 is 0 Å². The third-order valence-electron chi connectivity index (χ3n) is 4.90. The van der Waals surface area contributed by atoms with Gasteiger partial charge in [-0.1, -0.05) is 30.3 Å². The van der Waals surface area contributed by atoms with Crippen LogP contribution in [-0.2, 0) is 11.3 Å². The molecule has 0 atom stereocenters. The van der Waals surface area contributed by atoms with Gasteiger partial charge in [0.2, 0.25) is 5.91 Å². The van der Waals surface area contributed by atoms with Gasteiger partial charge in [-0.25, -0.2) is 0 Å². The largest absolute Gasteiger partial charge is 0.497 e. The minimum absolute atomic E-state index is 0.0862. The van der Waals surface area contributed by atoms with Crippen LogP contribution in [0.2, 0.25) is 0 Å². The zero-order valence-corrected chi connectivity index (χ0v) is 15.6. The van der Waals surface area contributed by atoms with Gasteiger partial charge in [-0.15, -0.1) is 0 Å². The number of methoxy groups -OCH3 is 1. The van der Waals surface area contributed by atoms with Crippen LogP contribution in [0.3, 0.4) is 0 Å². The summed E-state index contributed by atoms with van der Waals surface area (Å²) < 4.78 is 5.30. The molecular formula is C21H27N3O2. The Kier molecular flexibility index (Phi) is 6.12. The summed E-state index contributed by atoms with van der Waals surface area (Å²) in [6.45, 7) is 6.72. The Bertz CT molecular complexity index is 740. The maximum absolute atomic E-state index is 12.2. The van der Waals surface area contributed by atoms with Gasteiger partial charge in [-0.05, 0) is 30.2 Å². The fourth-order valence-corrected chi connectivity index (χ4v) is 3.23. The number of nitrogens with zero attached hydrogens (tertiary/aromatic N) is 2. The van der Waals surface area contributed by atoms with E-state index in [4.69, 9.17) is 4.74 Å². The molecule has 0 bridgehead atoms. The smallest absolute Gasteiger partial charge is 0.234 e. The van der Waals surface area contributed by atoms with Crippen LogP contribution in [0.4, 0.5) is 5.69 Å². The summed E-state index contributed by atoms with van der Waals surface area (Å²) in [6.07, 6.45) is 0. The monoisotopic (exact) mass is 353 g/mol. The van der Waals surface area contributed by atoms with Crippen molar-refractivity contribution in [2.45, 2.75) is 13.5 Å². The van der Waals surface area contributed by atoms with E-state index in [9.17, 15) is 4.79 Å². The predicted molar refractivity (Wildman–Crippen MR) is 105 cm³/mol. The highest BCUT2D eigenvalue weighted by atomic mass is 16.5. The molecule has 0 aliphatic carbocycles. The summed E-state index contributed by atoms with van der Waals surface area (Å²) in [7, 11) is 1.69. The van der Waals surface area contributed by atoms with Crippen molar-refractivity contribution in [2.75, 3.05) is 44.7 Å². The second-order valence-corrected chi connectivity index (χ2v) is 6.67. The Morgan fingerprint density at radius 3 is 2.58 bits per heavy atom. The van der Waals surface area contributed by atoms with Crippen molar-refractivity contribution in [3.8, 4) is 5.75 Å². The van der Waals surface area contributed by atoms with Gasteiger partial charge in [0.25, 0.3) is 0 Å². The average Bonchev–Trinajstić information content (AvgIpc) is 2.68. The van der Waals surface area contributed by atoms with Gasteiger partial charge in [0.05, 0.1) is 13.7 Å². The molecule has 2 aromatic rings. The third kappa shape index (κ3) is 4.76. The van der Waals surface area contributed by atoms with Gasteiger partial charge in [0.1, 0.15) is 5.75 Å². The van der Waals surface area contributed by atoms with E-state index in [0.29, 0.717) is 13.1 Å². The fraction of sp³-hybridized carbons (Fsp3) is 0.381. The first-order valence-corrected chi connectivity index (χ1v) is 9.08. The third-order valence-corrected chi connectivity index (χ3v) is 4.90. The summed E-state index contributed by atoms with van der Waals surface area (Å²) in [5, 5.41) is 3.03. The van der Waals surface area contributed by atoms with Crippen molar-refractivity contribution in [1.82, 2.24) is 10.2 Å². The van der Waals surface area contributed by atoms with Gasteiger partial charge < -0.3 is 15.0 Å². The van der Waals surface area contributed by atoms with Crippen LogP contribution in [0.5, 0.6) is 5.75 Å². The minimum atomic E-state index is 0.0862. The molecule has 0 radical (unpaired) electrons. The topological polar surface area (TPSA) is 44.8 Å². The number of hydrogen-bond acceptors (Lipinski definition) is 4. The maximum Gasteiger partial charge on any atom is 0.234 e. The summed E-state index contributed by atoms with van der Waals surface area (Å²) >= 11 is 0. The van der Waals surface area contributed by atoms with Gasteiger partial charge in [0, 0.05) is 44.5 Å². The lowest BCUT2D eigenvalue weighted by Crippen LogP contribution is -2.49. The van der Waals surface area contributed by atoms with Crippen LogP contribution in [0.1, 0.15) is 11.1 Å². The Morgan fingerprint density at radius 1 is 1.08 bits per heavy atom. The van der Waals surface area contributed by atoms with Crippen LogP contribution >= 0.6 is 0 Å². The van der Waals surface area contributed by atoms with E-state index in [1.165, 1.54) is 16.8 Å². The van der Waals surface area contributed by atoms with Crippen molar-refractivity contribution < 1.29 is 9.53 Å². The van der Waals surface area contributed by atoms with Crippen molar-refractivity contribution in [2.24, 2.45) is 0 Å². The molecule has 26 heavy (non-hydrogen) atoms. The summed E-state index contributed by atoms with van der Waals surface area (Å²) in [5.41, 5.74) is 3.55. The van der Waals surface area contributed by atoms with Crippen molar-refractivity contribution in [3.05, 3.63) is 59.7 Å². The van der Waals surface area contributed by atoms with Crippen molar-refractivity contribution in [3.63, 3.8) is 0 Å². The molecule has 1 fully saturated rings. The highest BCUT2D eigenvalue weighted by Crippen LogP contribution is 2.22. The molecule has 3 rings (SSSR count). The molecule has 0 spiro atoms. The highest BCUT2D eigenvalue weighted by molar-refractivity contribution is 5.78.